The molecule has 0 radical (unpaired) electrons. The van der Waals surface area contributed by atoms with Gasteiger partial charge in [0.25, 0.3) is 10.0 Å². The molecule has 1 saturated carbocycles. The number of nitrogens with one attached hydrogen (secondary N) is 2. The molecule has 0 saturated heterocycles. The molecule has 0 aromatic carbocycles. The Morgan fingerprint density at radius 3 is 2.32 bits per heavy atom. The van der Waals surface area contributed by atoms with Crippen LogP contribution in [0.5, 0.6) is 0 Å². The molecule has 0 unspecified atom stereocenters. The van der Waals surface area contributed by atoms with Crippen molar-refractivity contribution in [3.8, 4) is 0 Å². The summed E-state index contributed by atoms with van der Waals surface area (Å²) in [7, 11) is -3.92. The van der Waals surface area contributed by atoms with E-state index in [0.29, 0.717) is 0 Å². The third kappa shape index (κ3) is 1.95. The fraction of sp³-hybridized carbons (Fsp3) is 0.636. The van der Waals surface area contributed by atoms with Gasteiger partial charge in [-0.05, 0) is 10.8 Å². The van der Waals surface area contributed by atoms with Crippen LogP contribution in [-0.2, 0) is 10.0 Å². The minimum Gasteiger partial charge on any atom is -0.478 e. The van der Waals surface area contributed by atoms with Crippen LogP contribution in [0, 0.1) is 10.8 Å². The van der Waals surface area contributed by atoms with Crippen LogP contribution in [0.15, 0.2) is 11.2 Å². The molecular weight excluding hydrogens is 270 g/mol. The Hall–Kier alpha value is -1.41. The highest BCUT2D eigenvalue weighted by molar-refractivity contribution is 7.89. The van der Waals surface area contributed by atoms with E-state index in [1.54, 1.807) is 0 Å². The molecule has 1 aromatic rings. The average Bonchev–Trinajstić information content (AvgIpc) is 2.71. The molecule has 0 atom stereocenters. The number of carboxylic acids is 1. The number of hydrogen-bond acceptors (Lipinski definition) is 4. The van der Waals surface area contributed by atoms with Gasteiger partial charge in [-0.1, -0.05) is 27.7 Å². The van der Waals surface area contributed by atoms with E-state index in [9.17, 15) is 13.2 Å². The summed E-state index contributed by atoms with van der Waals surface area (Å²) in [5.41, 5.74) is -0.712. The van der Waals surface area contributed by atoms with E-state index < -0.39 is 21.0 Å². The smallest absolute Gasteiger partial charge is 0.340 e. The van der Waals surface area contributed by atoms with E-state index in [0.717, 1.165) is 6.20 Å². The van der Waals surface area contributed by atoms with Gasteiger partial charge >= 0.3 is 5.97 Å². The van der Waals surface area contributed by atoms with Crippen molar-refractivity contribution < 1.29 is 18.3 Å². The lowest BCUT2D eigenvalue weighted by Crippen LogP contribution is -2.31. The van der Waals surface area contributed by atoms with Gasteiger partial charge in [0.05, 0.1) is 6.20 Å². The SMILES string of the molecule is CC1(C)C(NS(=O)(=O)c2[nH]ncc2C(=O)O)C1(C)C. The number of aromatic carboxylic acids is 1. The van der Waals surface area contributed by atoms with Crippen molar-refractivity contribution in [1.29, 1.82) is 0 Å². The summed E-state index contributed by atoms with van der Waals surface area (Å²) in [6.07, 6.45) is 0.986. The Morgan fingerprint density at radius 2 is 1.89 bits per heavy atom. The van der Waals surface area contributed by atoms with Gasteiger partial charge in [0.15, 0.2) is 5.03 Å². The van der Waals surface area contributed by atoms with Gasteiger partial charge in [0.2, 0.25) is 0 Å². The predicted octanol–water partition coefficient (Wildman–Crippen LogP) is 0.821. The monoisotopic (exact) mass is 287 g/mol. The normalized spacial score (nSPS) is 21.3. The highest BCUT2D eigenvalue weighted by atomic mass is 32.2. The molecule has 7 nitrogen and oxygen atoms in total. The van der Waals surface area contributed by atoms with Crippen LogP contribution in [0.1, 0.15) is 38.1 Å². The largest absolute Gasteiger partial charge is 0.478 e. The summed E-state index contributed by atoms with van der Waals surface area (Å²) in [4.78, 5) is 10.9. The number of rotatable bonds is 4. The molecule has 0 bridgehead atoms. The number of aromatic amines is 1. The number of carbonyl (C=O) groups is 1. The highest BCUT2D eigenvalue weighted by Crippen LogP contribution is 2.62. The van der Waals surface area contributed by atoms with Crippen LogP contribution in [-0.4, -0.2) is 35.7 Å². The first kappa shape index (κ1) is 14.0. The molecule has 1 heterocycles. The molecule has 19 heavy (non-hydrogen) atoms. The van der Waals surface area contributed by atoms with Crippen molar-refractivity contribution in [2.75, 3.05) is 0 Å². The maximum Gasteiger partial charge on any atom is 0.340 e. The van der Waals surface area contributed by atoms with Crippen LogP contribution in [0.3, 0.4) is 0 Å². The molecule has 0 spiro atoms. The number of sulfonamides is 1. The van der Waals surface area contributed by atoms with Gasteiger partial charge in [-0.15, -0.1) is 0 Å². The lowest BCUT2D eigenvalue weighted by atomic mass is 10.0. The molecule has 1 aromatic heterocycles. The highest BCUT2D eigenvalue weighted by Gasteiger charge is 2.66. The molecule has 8 heteroatoms. The topological polar surface area (TPSA) is 112 Å². The lowest BCUT2D eigenvalue weighted by molar-refractivity contribution is 0.0692. The van der Waals surface area contributed by atoms with Crippen LogP contribution in [0.25, 0.3) is 0 Å². The lowest BCUT2D eigenvalue weighted by Gasteiger charge is -2.07. The summed E-state index contributed by atoms with van der Waals surface area (Å²) in [6, 6.07) is -0.241. The second-order valence-electron chi connectivity index (χ2n) is 5.92. The van der Waals surface area contributed by atoms with Gasteiger partial charge < -0.3 is 5.11 Å². The quantitative estimate of drug-likeness (QED) is 0.759. The Morgan fingerprint density at radius 1 is 1.37 bits per heavy atom. The Kier molecular flexibility index (Phi) is 2.80. The van der Waals surface area contributed by atoms with E-state index in [-0.39, 0.29) is 22.4 Å². The number of hydrogen-bond donors (Lipinski definition) is 3. The van der Waals surface area contributed by atoms with Crippen LogP contribution in [0.2, 0.25) is 0 Å². The Balaban J connectivity index is 2.31. The second kappa shape index (κ2) is 3.80. The van der Waals surface area contributed by atoms with Crippen LogP contribution in [0.4, 0.5) is 0 Å². The van der Waals surface area contributed by atoms with E-state index in [2.05, 4.69) is 14.9 Å². The first-order chi connectivity index (χ1) is 8.52. The zero-order valence-electron chi connectivity index (χ0n) is 11.2. The van der Waals surface area contributed by atoms with Crippen molar-refractivity contribution in [2.45, 2.75) is 38.8 Å². The third-order valence-corrected chi connectivity index (χ3v) is 5.79. The van der Waals surface area contributed by atoms with Gasteiger partial charge in [-0.3, -0.25) is 5.10 Å². The molecule has 1 aliphatic carbocycles. The molecular formula is C11H17N3O4S. The van der Waals surface area contributed by atoms with Gasteiger partial charge in [-0.25, -0.2) is 17.9 Å². The number of nitrogens with zero attached hydrogens (tertiary/aromatic N) is 1. The van der Waals surface area contributed by atoms with Crippen molar-refractivity contribution in [3.05, 3.63) is 11.8 Å². The zero-order valence-corrected chi connectivity index (χ0v) is 12.0. The molecule has 0 aliphatic heterocycles. The summed E-state index contributed by atoms with van der Waals surface area (Å²) < 4.78 is 26.9. The van der Waals surface area contributed by atoms with Crippen molar-refractivity contribution in [1.82, 2.24) is 14.9 Å². The Labute approximate surface area is 111 Å². The summed E-state index contributed by atoms with van der Waals surface area (Å²) in [5, 5.41) is 14.2. The molecule has 1 aliphatic rings. The minimum atomic E-state index is -3.92. The zero-order chi connectivity index (χ0) is 14.6. The van der Waals surface area contributed by atoms with Gasteiger partial charge in [0, 0.05) is 6.04 Å². The maximum atomic E-state index is 12.2. The van der Waals surface area contributed by atoms with E-state index in [1.165, 1.54) is 0 Å². The number of carboxylic acid groups (broad SMARTS) is 1. The van der Waals surface area contributed by atoms with Crippen molar-refractivity contribution in [2.24, 2.45) is 10.8 Å². The maximum absolute atomic E-state index is 12.2. The predicted molar refractivity (Wildman–Crippen MR) is 67.2 cm³/mol. The number of aromatic nitrogens is 2. The molecule has 106 valence electrons. The first-order valence-corrected chi connectivity index (χ1v) is 7.29. The van der Waals surface area contributed by atoms with E-state index in [1.807, 2.05) is 27.7 Å². The fourth-order valence-electron chi connectivity index (χ4n) is 2.34. The Bertz CT molecular complexity index is 616. The average molecular weight is 287 g/mol. The van der Waals surface area contributed by atoms with Gasteiger partial charge in [0.1, 0.15) is 5.56 Å². The summed E-state index contributed by atoms with van der Waals surface area (Å²) in [5.74, 6) is -1.33. The molecule has 1 fully saturated rings. The third-order valence-electron chi connectivity index (χ3n) is 4.40. The van der Waals surface area contributed by atoms with E-state index >= 15 is 0 Å². The van der Waals surface area contributed by atoms with E-state index in [4.69, 9.17) is 5.11 Å². The van der Waals surface area contributed by atoms with Crippen molar-refractivity contribution in [3.63, 3.8) is 0 Å². The van der Waals surface area contributed by atoms with Crippen LogP contribution < -0.4 is 4.72 Å². The summed E-state index contributed by atoms with van der Waals surface area (Å²) in [6.45, 7) is 7.85. The molecule has 0 amide bonds. The molecule has 2 rings (SSSR count). The molecule has 3 N–H and O–H groups in total. The fourth-order valence-corrected chi connectivity index (χ4v) is 3.96. The minimum absolute atomic E-state index is 0.177. The standard InChI is InChI=1S/C11H17N3O4S/c1-10(2)9(11(10,3)4)14-19(17,18)7-6(8(15)16)5-12-13-7/h5,9,14H,1-4H3,(H,12,13)(H,15,16). The van der Waals surface area contributed by atoms with Crippen LogP contribution >= 0.6 is 0 Å². The van der Waals surface area contributed by atoms with Crippen molar-refractivity contribution >= 4 is 16.0 Å². The second-order valence-corrected chi connectivity index (χ2v) is 7.57. The summed E-state index contributed by atoms with van der Waals surface area (Å²) >= 11 is 0. The number of H-pyrrole nitrogens is 1. The first-order valence-electron chi connectivity index (χ1n) is 5.81. The van der Waals surface area contributed by atoms with Gasteiger partial charge in [-0.2, -0.15) is 5.10 Å².